The molecule has 0 aliphatic rings. The van der Waals surface area contributed by atoms with Crippen LogP contribution in [0.4, 0.5) is 0 Å². The van der Waals surface area contributed by atoms with Crippen molar-refractivity contribution in [1.29, 1.82) is 0 Å². The van der Waals surface area contributed by atoms with Crippen LogP contribution in [0.15, 0.2) is 14.8 Å². The number of aromatic nitrogens is 1. The third-order valence-electron chi connectivity index (χ3n) is 2.36. The fourth-order valence-corrected chi connectivity index (χ4v) is 3.54. The number of carboxylic acids is 1. The highest BCUT2D eigenvalue weighted by Crippen LogP contribution is 2.32. The number of hydrogen-bond acceptors (Lipinski definition) is 3. The Morgan fingerprint density at radius 1 is 1.62 bits per heavy atom. The van der Waals surface area contributed by atoms with Gasteiger partial charge in [0.05, 0.1) is 9.17 Å². The van der Waals surface area contributed by atoms with E-state index in [-0.39, 0.29) is 5.56 Å². The van der Waals surface area contributed by atoms with Gasteiger partial charge in [0.25, 0.3) is 0 Å². The van der Waals surface area contributed by atoms with Crippen LogP contribution in [-0.4, -0.2) is 16.1 Å². The number of hydrogen-bond donors (Lipinski definition) is 2. The minimum absolute atomic E-state index is 0.215. The van der Waals surface area contributed by atoms with Gasteiger partial charge in [-0.3, -0.25) is 4.79 Å². The van der Waals surface area contributed by atoms with E-state index in [9.17, 15) is 9.59 Å². The summed E-state index contributed by atoms with van der Waals surface area (Å²) < 4.78 is 0.876. The fraction of sp³-hybridized carbons (Fsp3) is 0.200. The van der Waals surface area contributed by atoms with Crippen LogP contribution in [0.5, 0.6) is 0 Å². The van der Waals surface area contributed by atoms with Crippen molar-refractivity contribution < 1.29 is 9.90 Å². The molecule has 0 bridgehead atoms. The second-order valence-electron chi connectivity index (χ2n) is 3.25. The van der Waals surface area contributed by atoms with E-state index < -0.39 is 11.4 Å². The van der Waals surface area contributed by atoms with Crippen molar-refractivity contribution in [2.75, 3.05) is 0 Å². The van der Waals surface area contributed by atoms with E-state index in [1.54, 1.807) is 0 Å². The monoisotopic (exact) mass is 301 g/mol. The Bertz CT molecular complexity index is 629. The van der Waals surface area contributed by atoms with Crippen molar-refractivity contribution in [2.24, 2.45) is 0 Å². The summed E-state index contributed by atoms with van der Waals surface area (Å²) in [6.45, 7) is 1.93. The predicted octanol–water partition coefficient (Wildman–Crippen LogP) is 2.61. The highest BCUT2D eigenvalue weighted by Gasteiger charge is 2.17. The second-order valence-corrected chi connectivity index (χ2v) is 5.59. The Labute approximate surface area is 103 Å². The van der Waals surface area contributed by atoms with E-state index in [0.717, 1.165) is 9.35 Å². The summed E-state index contributed by atoms with van der Waals surface area (Å²) in [5, 5.41) is 9.35. The molecule has 0 amide bonds. The topological polar surface area (TPSA) is 70.2 Å². The highest BCUT2D eigenvalue weighted by molar-refractivity contribution is 9.11. The molecule has 0 fully saturated rings. The van der Waals surface area contributed by atoms with Crippen LogP contribution in [0.1, 0.15) is 22.8 Å². The number of carboxylic acid groups (broad SMARTS) is 1. The van der Waals surface area contributed by atoms with Gasteiger partial charge in [-0.05, 0) is 27.9 Å². The maximum atomic E-state index is 11.9. The first-order chi connectivity index (χ1) is 7.56. The van der Waals surface area contributed by atoms with Crippen molar-refractivity contribution in [3.8, 4) is 0 Å². The molecule has 0 radical (unpaired) electrons. The summed E-state index contributed by atoms with van der Waals surface area (Å²) in [5.41, 5.74) is 0.233. The number of halogens is 1. The molecule has 84 valence electrons. The van der Waals surface area contributed by atoms with E-state index in [1.165, 1.54) is 17.5 Å². The molecule has 2 N–H and O–H groups in total. The Morgan fingerprint density at radius 2 is 2.31 bits per heavy atom. The lowest BCUT2D eigenvalue weighted by Gasteiger charge is -1.96. The molecule has 0 aliphatic heterocycles. The van der Waals surface area contributed by atoms with E-state index in [2.05, 4.69) is 20.9 Å². The molecule has 0 aromatic carbocycles. The first-order valence-corrected chi connectivity index (χ1v) is 6.23. The van der Waals surface area contributed by atoms with Crippen LogP contribution in [0.3, 0.4) is 0 Å². The third kappa shape index (κ3) is 1.58. The Kier molecular flexibility index (Phi) is 2.86. The molecule has 4 nitrogen and oxygen atoms in total. The number of aromatic carboxylic acids is 1. The van der Waals surface area contributed by atoms with Crippen molar-refractivity contribution in [2.45, 2.75) is 13.3 Å². The van der Waals surface area contributed by atoms with Gasteiger partial charge in [0.2, 0.25) is 5.43 Å². The van der Waals surface area contributed by atoms with Gasteiger partial charge in [0.1, 0.15) is 10.4 Å². The molecule has 0 saturated carbocycles. The quantitative estimate of drug-likeness (QED) is 0.896. The summed E-state index contributed by atoms with van der Waals surface area (Å²) in [4.78, 5) is 26.3. The van der Waals surface area contributed by atoms with Gasteiger partial charge in [0.15, 0.2) is 0 Å². The number of carbonyl (C=O) groups is 1. The maximum absolute atomic E-state index is 11.9. The number of pyridine rings is 1. The van der Waals surface area contributed by atoms with Gasteiger partial charge >= 0.3 is 5.97 Å². The summed E-state index contributed by atoms with van der Waals surface area (Å²) in [6, 6.07) is 0. The van der Waals surface area contributed by atoms with Crippen LogP contribution >= 0.6 is 27.3 Å². The third-order valence-corrected chi connectivity index (χ3v) is 4.28. The van der Waals surface area contributed by atoms with Gasteiger partial charge in [-0.25, -0.2) is 4.79 Å². The van der Waals surface area contributed by atoms with Crippen LogP contribution in [0.2, 0.25) is 0 Å². The molecule has 0 aliphatic carbocycles. The van der Waals surface area contributed by atoms with Crippen LogP contribution in [-0.2, 0) is 6.42 Å². The molecule has 0 atom stereocenters. The standard InChI is InChI=1S/C10H8BrNO3S/c1-2-4-6-7(13)5(10(14)15)3-12-9(6)16-8(4)11/h3H,2H2,1H3,(H,12,13)(H,14,15). The van der Waals surface area contributed by atoms with Gasteiger partial charge < -0.3 is 10.1 Å². The normalized spacial score (nSPS) is 10.9. The first kappa shape index (κ1) is 11.3. The summed E-state index contributed by atoms with van der Waals surface area (Å²) in [7, 11) is 0. The molecule has 2 heterocycles. The molecule has 0 saturated heterocycles. The zero-order chi connectivity index (χ0) is 11.9. The molecular weight excluding hydrogens is 294 g/mol. The lowest BCUT2D eigenvalue weighted by Crippen LogP contribution is -2.15. The lowest BCUT2D eigenvalue weighted by atomic mass is 10.1. The van der Waals surface area contributed by atoms with Crippen molar-refractivity contribution in [3.63, 3.8) is 0 Å². The Balaban J connectivity index is 2.92. The summed E-state index contributed by atoms with van der Waals surface area (Å²) >= 11 is 4.78. The minimum atomic E-state index is -1.20. The summed E-state index contributed by atoms with van der Waals surface area (Å²) in [5.74, 6) is -1.20. The number of aryl methyl sites for hydroxylation is 1. The van der Waals surface area contributed by atoms with E-state index >= 15 is 0 Å². The Hall–Kier alpha value is -1.14. The minimum Gasteiger partial charge on any atom is -0.477 e. The average Bonchev–Trinajstić information content (AvgIpc) is 2.54. The van der Waals surface area contributed by atoms with E-state index in [0.29, 0.717) is 16.6 Å². The van der Waals surface area contributed by atoms with Gasteiger partial charge in [-0.15, -0.1) is 11.3 Å². The first-order valence-electron chi connectivity index (χ1n) is 4.62. The fourth-order valence-electron chi connectivity index (χ4n) is 1.59. The van der Waals surface area contributed by atoms with Gasteiger partial charge in [-0.1, -0.05) is 6.92 Å². The van der Waals surface area contributed by atoms with Crippen molar-refractivity contribution in [1.82, 2.24) is 4.98 Å². The zero-order valence-electron chi connectivity index (χ0n) is 8.33. The zero-order valence-corrected chi connectivity index (χ0v) is 10.7. The number of nitrogens with one attached hydrogen (secondary N) is 1. The predicted molar refractivity (Wildman–Crippen MR) is 66.5 cm³/mol. The largest absolute Gasteiger partial charge is 0.477 e. The van der Waals surface area contributed by atoms with Crippen LogP contribution in [0.25, 0.3) is 10.2 Å². The Morgan fingerprint density at radius 3 is 2.88 bits per heavy atom. The number of rotatable bonds is 2. The molecule has 0 unspecified atom stereocenters. The second kappa shape index (κ2) is 4.03. The van der Waals surface area contributed by atoms with Crippen LogP contribution < -0.4 is 5.43 Å². The van der Waals surface area contributed by atoms with Crippen molar-refractivity contribution >= 4 is 43.5 Å². The SMILES string of the molecule is CCc1c(Br)sc2[nH]cc(C(=O)O)c(=O)c12. The lowest BCUT2D eigenvalue weighted by molar-refractivity contribution is 0.0695. The smallest absolute Gasteiger partial charge is 0.341 e. The maximum Gasteiger partial charge on any atom is 0.341 e. The molecule has 2 aromatic rings. The average molecular weight is 302 g/mol. The molecular formula is C10H8BrNO3S. The van der Waals surface area contributed by atoms with Crippen LogP contribution in [0, 0.1) is 0 Å². The number of fused-ring (bicyclic) bond motifs is 1. The van der Waals surface area contributed by atoms with Crippen molar-refractivity contribution in [3.05, 3.63) is 31.3 Å². The van der Waals surface area contributed by atoms with E-state index in [4.69, 9.17) is 5.11 Å². The van der Waals surface area contributed by atoms with Gasteiger partial charge in [0, 0.05) is 6.20 Å². The van der Waals surface area contributed by atoms with Gasteiger partial charge in [-0.2, -0.15) is 0 Å². The number of aromatic amines is 1. The molecule has 2 aromatic heterocycles. The molecule has 6 heteroatoms. The highest BCUT2D eigenvalue weighted by atomic mass is 79.9. The van der Waals surface area contributed by atoms with E-state index in [1.807, 2.05) is 6.92 Å². The molecule has 2 rings (SSSR count). The molecule has 0 spiro atoms. The number of H-pyrrole nitrogens is 1. The summed E-state index contributed by atoms with van der Waals surface area (Å²) in [6.07, 6.45) is 1.93. The molecule has 16 heavy (non-hydrogen) atoms. The number of thiophene rings is 1.